The SMILES string of the molecule is Cc1ccc(C(=O)Nc2ccon2)cc1N(C(=O)OCOC(=O)Cc1ccc(O)cc1)c1ncnn2cc(C(=O)NC3CC3)c(C)c12. The number of carbonyl (C=O) groups excluding carboxylic acids is 4. The summed E-state index contributed by atoms with van der Waals surface area (Å²) in [5, 5.41) is 23.0. The highest BCUT2D eigenvalue weighted by Gasteiger charge is 2.30. The number of phenols is 1. The number of esters is 1. The van der Waals surface area contributed by atoms with Crippen LogP contribution in [0, 0.1) is 13.8 Å². The minimum atomic E-state index is -0.982. The van der Waals surface area contributed by atoms with Crippen LogP contribution >= 0.6 is 0 Å². The topological polar surface area (TPSA) is 190 Å². The number of anilines is 3. The molecule has 1 saturated carbocycles. The van der Waals surface area contributed by atoms with E-state index in [1.54, 1.807) is 44.3 Å². The number of aryl methyl sites for hydroxylation is 2. The second-order valence-electron chi connectivity index (χ2n) is 10.9. The quantitative estimate of drug-likeness (QED) is 0.147. The summed E-state index contributed by atoms with van der Waals surface area (Å²) in [6.45, 7) is 2.71. The van der Waals surface area contributed by atoms with E-state index < -0.39 is 24.8 Å². The van der Waals surface area contributed by atoms with Crippen LogP contribution in [0.15, 0.2) is 71.8 Å². The van der Waals surface area contributed by atoms with Crippen molar-refractivity contribution < 1.29 is 38.3 Å². The van der Waals surface area contributed by atoms with Crippen LogP contribution in [0.5, 0.6) is 5.75 Å². The average Bonchev–Trinajstić information content (AvgIpc) is 3.58. The van der Waals surface area contributed by atoms with E-state index in [9.17, 15) is 24.3 Å². The highest BCUT2D eigenvalue weighted by Crippen LogP contribution is 2.34. The zero-order valence-electron chi connectivity index (χ0n) is 25.3. The van der Waals surface area contributed by atoms with Crippen molar-refractivity contribution in [2.75, 3.05) is 17.0 Å². The molecule has 1 aliphatic carbocycles. The molecule has 0 bridgehead atoms. The van der Waals surface area contributed by atoms with Crippen LogP contribution in [0.4, 0.5) is 22.1 Å². The summed E-state index contributed by atoms with van der Waals surface area (Å²) in [4.78, 5) is 58.0. The number of phenolic OH excluding ortho intramolecular Hbond substituents is 1. The van der Waals surface area contributed by atoms with E-state index in [2.05, 4.69) is 25.9 Å². The number of rotatable bonds is 10. The number of aromatic hydroxyl groups is 1. The summed E-state index contributed by atoms with van der Waals surface area (Å²) in [6.07, 6.45) is 4.79. The van der Waals surface area contributed by atoms with Gasteiger partial charge in [0.05, 0.1) is 17.7 Å². The third-order valence-electron chi connectivity index (χ3n) is 7.44. The van der Waals surface area contributed by atoms with Gasteiger partial charge < -0.3 is 29.7 Å². The van der Waals surface area contributed by atoms with E-state index in [1.807, 2.05) is 0 Å². The van der Waals surface area contributed by atoms with Crippen LogP contribution in [0.1, 0.15) is 50.2 Å². The zero-order valence-corrected chi connectivity index (χ0v) is 25.3. The predicted molar refractivity (Wildman–Crippen MR) is 165 cm³/mol. The summed E-state index contributed by atoms with van der Waals surface area (Å²) in [6, 6.07) is 12.3. The first kappa shape index (κ1) is 30.8. The molecule has 0 spiro atoms. The molecule has 0 saturated heterocycles. The molecule has 3 aromatic heterocycles. The van der Waals surface area contributed by atoms with Gasteiger partial charge in [-0.05, 0) is 67.6 Å². The molecule has 2 aromatic carbocycles. The van der Waals surface area contributed by atoms with Gasteiger partial charge >= 0.3 is 12.1 Å². The molecular formula is C32H29N7O8. The molecule has 240 valence electrons. The Balaban J connectivity index is 1.32. The third-order valence-corrected chi connectivity index (χ3v) is 7.44. The van der Waals surface area contributed by atoms with Gasteiger partial charge in [-0.1, -0.05) is 23.4 Å². The second-order valence-corrected chi connectivity index (χ2v) is 10.9. The maximum atomic E-state index is 13.9. The number of nitrogens with zero attached hydrogens (tertiary/aromatic N) is 5. The Bertz CT molecular complexity index is 1970. The van der Waals surface area contributed by atoms with E-state index in [4.69, 9.17) is 14.0 Å². The molecule has 0 atom stereocenters. The number of hydrogen-bond donors (Lipinski definition) is 3. The van der Waals surface area contributed by atoms with E-state index >= 15 is 0 Å². The minimum absolute atomic E-state index is 0.0545. The first-order chi connectivity index (χ1) is 22.7. The van der Waals surface area contributed by atoms with E-state index in [-0.39, 0.29) is 47.0 Å². The number of amides is 3. The molecule has 15 nitrogen and oxygen atoms in total. The molecule has 1 aliphatic rings. The monoisotopic (exact) mass is 639 g/mol. The lowest BCUT2D eigenvalue weighted by molar-refractivity contribution is -0.150. The van der Waals surface area contributed by atoms with Gasteiger partial charge in [-0.15, -0.1) is 0 Å². The number of hydrogen-bond acceptors (Lipinski definition) is 11. The minimum Gasteiger partial charge on any atom is -0.508 e. The standard InChI is InChI=1S/C32H29N7O8/c1-18-3-6-21(30(42)36-26-11-12-47-37-26)14-25(18)39(32(44)46-17-45-27(41)13-20-4-9-23(40)10-5-20)29-28-19(2)24(15-38(28)34-16-33-29)31(43)35-22-7-8-22/h3-6,9-12,14-16,22,40H,7-8,13,17H2,1-2H3,(H,35,43)(H,36,37,42). The largest absolute Gasteiger partial charge is 0.508 e. The lowest BCUT2D eigenvalue weighted by atomic mass is 10.1. The van der Waals surface area contributed by atoms with Crippen molar-refractivity contribution in [3.8, 4) is 5.75 Å². The molecule has 3 N–H and O–H groups in total. The van der Waals surface area contributed by atoms with Gasteiger partial charge in [0, 0.05) is 23.9 Å². The van der Waals surface area contributed by atoms with Gasteiger partial charge in [-0.2, -0.15) is 5.10 Å². The third kappa shape index (κ3) is 6.88. The molecule has 5 aromatic rings. The molecule has 47 heavy (non-hydrogen) atoms. The first-order valence-corrected chi connectivity index (χ1v) is 14.5. The maximum Gasteiger partial charge on any atom is 0.423 e. The highest BCUT2D eigenvalue weighted by atomic mass is 16.7. The van der Waals surface area contributed by atoms with Crippen molar-refractivity contribution in [3.05, 3.63) is 95.1 Å². The van der Waals surface area contributed by atoms with Crippen molar-refractivity contribution in [2.45, 2.75) is 39.2 Å². The summed E-state index contributed by atoms with van der Waals surface area (Å²) >= 11 is 0. The van der Waals surface area contributed by atoms with E-state index in [1.165, 1.54) is 41.4 Å². The van der Waals surface area contributed by atoms with Gasteiger partial charge in [-0.25, -0.2) is 19.2 Å². The van der Waals surface area contributed by atoms with E-state index in [0.717, 1.165) is 17.7 Å². The Labute approximate surface area is 267 Å². The van der Waals surface area contributed by atoms with Crippen LogP contribution in [0.25, 0.3) is 5.52 Å². The zero-order chi connectivity index (χ0) is 33.1. The van der Waals surface area contributed by atoms with Gasteiger partial charge in [-0.3, -0.25) is 14.4 Å². The predicted octanol–water partition coefficient (Wildman–Crippen LogP) is 4.20. The molecule has 3 heterocycles. The van der Waals surface area contributed by atoms with Crippen molar-refractivity contribution in [3.63, 3.8) is 0 Å². The Kier molecular flexibility index (Phi) is 8.51. The maximum absolute atomic E-state index is 13.9. The van der Waals surface area contributed by atoms with Crippen molar-refractivity contribution >= 4 is 46.7 Å². The molecule has 0 radical (unpaired) electrons. The van der Waals surface area contributed by atoms with Gasteiger partial charge in [0.15, 0.2) is 11.6 Å². The molecule has 3 amide bonds. The number of nitrogens with one attached hydrogen (secondary N) is 2. The van der Waals surface area contributed by atoms with Crippen molar-refractivity contribution in [2.24, 2.45) is 0 Å². The number of aromatic nitrogens is 4. The normalized spacial score (nSPS) is 12.4. The van der Waals surface area contributed by atoms with Gasteiger partial charge in [0.25, 0.3) is 11.8 Å². The number of benzene rings is 2. The van der Waals surface area contributed by atoms with Crippen molar-refractivity contribution in [1.29, 1.82) is 0 Å². The molecule has 15 heteroatoms. The summed E-state index contributed by atoms with van der Waals surface area (Å²) in [5.74, 6) is -1.17. The van der Waals surface area contributed by atoms with Gasteiger partial charge in [0.2, 0.25) is 6.79 Å². The molecule has 6 rings (SSSR count). The fraction of sp³-hybridized carbons (Fsp3) is 0.219. The molecule has 0 unspecified atom stereocenters. The van der Waals surface area contributed by atoms with Crippen LogP contribution in [0.3, 0.4) is 0 Å². The van der Waals surface area contributed by atoms with Crippen LogP contribution < -0.4 is 15.5 Å². The molecule has 0 aliphatic heterocycles. The molecular weight excluding hydrogens is 610 g/mol. The second kappa shape index (κ2) is 13.0. The lowest BCUT2D eigenvalue weighted by Crippen LogP contribution is -2.30. The first-order valence-electron chi connectivity index (χ1n) is 14.5. The van der Waals surface area contributed by atoms with Crippen LogP contribution in [0.2, 0.25) is 0 Å². The Morgan fingerprint density at radius 2 is 1.83 bits per heavy atom. The van der Waals surface area contributed by atoms with E-state index in [0.29, 0.717) is 27.8 Å². The number of carbonyl (C=O) groups is 4. The highest BCUT2D eigenvalue weighted by molar-refractivity contribution is 6.07. The van der Waals surface area contributed by atoms with Crippen LogP contribution in [-0.2, 0) is 20.7 Å². The summed E-state index contributed by atoms with van der Waals surface area (Å²) < 4.78 is 16.8. The fourth-order valence-corrected chi connectivity index (χ4v) is 4.82. The Morgan fingerprint density at radius 1 is 1.04 bits per heavy atom. The number of fused-ring (bicyclic) bond motifs is 1. The molecule has 1 fully saturated rings. The smallest absolute Gasteiger partial charge is 0.423 e. The summed E-state index contributed by atoms with van der Waals surface area (Å²) in [5.41, 5.74) is 2.76. The van der Waals surface area contributed by atoms with Crippen LogP contribution in [-0.4, -0.2) is 61.6 Å². The average molecular weight is 640 g/mol. The Morgan fingerprint density at radius 3 is 2.55 bits per heavy atom. The van der Waals surface area contributed by atoms with Gasteiger partial charge in [0.1, 0.15) is 23.9 Å². The lowest BCUT2D eigenvalue weighted by Gasteiger charge is -2.24. The summed E-state index contributed by atoms with van der Waals surface area (Å²) in [7, 11) is 0. The Hall–Kier alpha value is -6.25. The van der Waals surface area contributed by atoms with Crippen molar-refractivity contribution in [1.82, 2.24) is 25.1 Å². The fourth-order valence-electron chi connectivity index (χ4n) is 4.82. The number of ether oxygens (including phenoxy) is 2.